The second kappa shape index (κ2) is 7.61. The molecule has 1 heteroatoms. The fraction of sp³-hybridized carbons (Fsp3) is 0.312. The number of unbranched alkanes of at least 4 members (excludes halogenated alkanes) is 1. The normalized spacial score (nSPS) is 12.0. The van der Waals surface area contributed by atoms with Crippen LogP contribution in [0.4, 0.5) is 0 Å². The van der Waals surface area contributed by atoms with Crippen molar-refractivity contribution < 1.29 is 0 Å². The minimum Gasteiger partial charge on any atom is -0.256 e. The summed E-state index contributed by atoms with van der Waals surface area (Å²) in [4.78, 5) is 4.35. The molecule has 0 radical (unpaired) electrons. The maximum Gasteiger partial charge on any atom is 0.0698 e. The van der Waals surface area contributed by atoms with Gasteiger partial charge in [0.15, 0.2) is 0 Å². The van der Waals surface area contributed by atoms with Crippen molar-refractivity contribution in [1.29, 1.82) is 0 Å². The van der Waals surface area contributed by atoms with E-state index < -0.39 is 0 Å². The minimum atomic E-state index is 0.972. The van der Waals surface area contributed by atoms with Crippen molar-refractivity contribution in [3.05, 3.63) is 60.5 Å². The Bertz CT molecular complexity index is 399. The smallest absolute Gasteiger partial charge is 0.0698 e. The molecule has 90 valence electrons. The highest BCUT2D eigenvalue weighted by molar-refractivity contribution is 5.75. The molecule has 0 amide bonds. The maximum absolute atomic E-state index is 4.35. The zero-order valence-electron chi connectivity index (χ0n) is 10.8. The lowest BCUT2D eigenvalue weighted by Crippen LogP contribution is -1.92. The van der Waals surface area contributed by atoms with Gasteiger partial charge in [-0.25, -0.2) is 0 Å². The Kier molecular flexibility index (Phi) is 6.02. The molecule has 0 aliphatic carbocycles. The molecule has 0 fully saturated rings. The second-order valence-corrected chi connectivity index (χ2v) is 4.01. The van der Waals surface area contributed by atoms with E-state index >= 15 is 0 Å². The molecule has 0 unspecified atom stereocenters. The van der Waals surface area contributed by atoms with Crippen molar-refractivity contribution in [3.8, 4) is 0 Å². The van der Waals surface area contributed by atoms with E-state index in [0.29, 0.717) is 0 Å². The number of allylic oxidation sites excluding steroid dienone is 5. The van der Waals surface area contributed by atoms with Crippen molar-refractivity contribution in [1.82, 2.24) is 4.98 Å². The summed E-state index contributed by atoms with van der Waals surface area (Å²) in [5.74, 6) is 0. The van der Waals surface area contributed by atoms with Crippen molar-refractivity contribution in [3.63, 3.8) is 0 Å². The van der Waals surface area contributed by atoms with Gasteiger partial charge >= 0.3 is 0 Å². The lowest BCUT2D eigenvalue weighted by Gasteiger charge is -2.09. The molecule has 0 aliphatic heterocycles. The molecule has 0 aromatic carbocycles. The van der Waals surface area contributed by atoms with Crippen LogP contribution in [0.1, 0.15) is 38.8 Å². The molecule has 1 aromatic rings. The van der Waals surface area contributed by atoms with Crippen LogP contribution in [0.2, 0.25) is 0 Å². The van der Waals surface area contributed by atoms with Crippen LogP contribution in [-0.4, -0.2) is 4.98 Å². The monoisotopic (exact) mass is 227 g/mol. The summed E-state index contributed by atoms with van der Waals surface area (Å²) in [5.41, 5.74) is 3.29. The van der Waals surface area contributed by atoms with Gasteiger partial charge in [0.2, 0.25) is 0 Å². The summed E-state index contributed by atoms with van der Waals surface area (Å²) in [6.45, 7) is 8.40. The molecular formula is C16H21N. The summed E-state index contributed by atoms with van der Waals surface area (Å²) in [6, 6.07) is 5.94. The minimum absolute atomic E-state index is 0.972. The van der Waals surface area contributed by atoms with Crippen LogP contribution >= 0.6 is 0 Å². The molecule has 0 saturated carbocycles. The molecule has 0 saturated heterocycles. The van der Waals surface area contributed by atoms with Gasteiger partial charge in [-0.3, -0.25) is 4.98 Å². The van der Waals surface area contributed by atoms with Crippen LogP contribution in [0.25, 0.3) is 5.57 Å². The SMILES string of the molecule is C=C(/C(=C\C=C/C)CCCC)c1ccccn1. The number of hydrogen-bond donors (Lipinski definition) is 0. The lowest BCUT2D eigenvalue weighted by atomic mass is 9.98. The third-order valence-corrected chi connectivity index (χ3v) is 2.65. The summed E-state index contributed by atoms with van der Waals surface area (Å²) in [6.07, 6.45) is 11.5. The Morgan fingerprint density at radius 2 is 2.24 bits per heavy atom. The highest BCUT2D eigenvalue weighted by Gasteiger charge is 2.05. The van der Waals surface area contributed by atoms with Crippen LogP contribution in [0.5, 0.6) is 0 Å². The predicted molar refractivity (Wildman–Crippen MR) is 75.7 cm³/mol. The van der Waals surface area contributed by atoms with E-state index in [1.54, 1.807) is 0 Å². The molecule has 1 aromatic heterocycles. The Morgan fingerprint density at radius 3 is 2.82 bits per heavy atom. The number of rotatable bonds is 6. The first kappa shape index (κ1) is 13.4. The molecule has 0 N–H and O–H groups in total. The van der Waals surface area contributed by atoms with Crippen molar-refractivity contribution in [2.24, 2.45) is 0 Å². The topological polar surface area (TPSA) is 12.9 Å². The van der Waals surface area contributed by atoms with E-state index in [9.17, 15) is 0 Å². The van der Waals surface area contributed by atoms with Crippen molar-refractivity contribution in [2.75, 3.05) is 0 Å². The average Bonchev–Trinajstić information content (AvgIpc) is 2.39. The second-order valence-electron chi connectivity index (χ2n) is 4.01. The number of pyridine rings is 1. The Hall–Kier alpha value is -1.63. The Morgan fingerprint density at radius 1 is 1.41 bits per heavy atom. The third kappa shape index (κ3) is 4.39. The van der Waals surface area contributed by atoms with Gasteiger partial charge in [0.25, 0.3) is 0 Å². The van der Waals surface area contributed by atoms with Gasteiger partial charge in [0.05, 0.1) is 5.69 Å². The maximum atomic E-state index is 4.35. The molecule has 0 bridgehead atoms. The molecule has 1 nitrogen and oxygen atoms in total. The zero-order chi connectivity index (χ0) is 12.5. The van der Waals surface area contributed by atoms with Crippen LogP contribution < -0.4 is 0 Å². The van der Waals surface area contributed by atoms with Gasteiger partial charge in [-0.05, 0) is 43.0 Å². The number of nitrogens with zero attached hydrogens (tertiary/aromatic N) is 1. The van der Waals surface area contributed by atoms with Gasteiger partial charge in [0, 0.05) is 6.20 Å². The number of hydrogen-bond acceptors (Lipinski definition) is 1. The van der Waals surface area contributed by atoms with E-state index in [-0.39, 0.29) is 0 Å². The van der Waals surface area contributed by atoms with Crippen molar-refractivity contribution >= 4 is 5.57 Å². The first-order chi connectivity index (χ1) is 8.29. The van der Waals surface area contributed by atoms with Crippen LogP contribution in [0.15, 0.2) is 54.8 Å². The van der Waals surface area contributed by atoms with E-state index in [0.717, 1.165) is 17.7 Å². The van der Waals surface area contributed by atoms with Gasteiger partial charge in [-0.1, -0.05) is 44.2 Å². The average molecular weight is 227 g/mol. The van der Waals surface area contributed by atoms with E-state index in [1.165, 1.54) is 18.4 Å². The molecular weight excluding hydrogens is 206 g/mol. The van der Waals surface area contributed by atoms with Crippen LogP contribution in [0, 0.1) is 0 Å². The summed E-state index contributed by atoms with van der Waals surface area (Å²) in [5, 5.41) is 0. The van der Waals surface area contributed by atoms with Crippen LogP contribution in [0.3, 0.4) is 0 Å². The fourth-order valence-electron chi connectivity index (χ4n) is 1.62. The fourth-order valence-corrected chi connectivity index (χ4v) is 1.62. The van der Waals surface area contributed by atoms with Gasteiger partial charge in [-0.2, -0.15) is 0 Å². The molecule has 0 spiro atoms. The highest BCUT2D eigenvalue weighted by atomic mass is 14.7. The predicted octanol–water partition coefficient (Wildman–Crippen LogP) is 4.79. The van der Waals surface area contributed by atoms with E-state index in [2.05, 4.69) is 30.6 Å². The van der Waals surface area contributed by atoms with Gasteiger partial charge in [0.1, 0.15) is 0 Å². The quantitative estimate of drug-likeness (QED) is 0.637. The molecule has 1 heterocycles. The van der Waals surface area contributed by atoms with Crippen LogP contribution in [-0.2, 0) is 0 Å². The van der Waals surface area contributed by atoms with Gasteiger partial charge < -0.3 is 0 Å². The van der Waals surface area contributed by atoms with Crippen molar-refractivity contribution in [2.45, 2.75) is 33.1 Å². The Balaban J connectivity index is 2.87. The standard InChI is InChI=1S/C16H21N/c1-4-6-10-15(11-7-5-2)14(3)16-12-8-9-13-17-16/h4,6,8-10,12-13H,3,5,7,11H2,1-2H3/b6-4-,15-10-. The first-order valence-corrected chi connectivity index (χ1v) is 6.22. The van der Waals surface area contributed by atoms with E-state index in [4.69, 9.17) is 0 Å². The molecule has 0 aliphatic rings. The number of aromatic nitrogens is 1. The summed E-state index contributed by atoms with van der Waals surface area (Å²) in [7, 11) is 0. The van der Waals surface area contributed by atoms with E-state index in [1.807, 2.05) is 37.4 Å². The third-order valence-electron chi connectivity index (χ3n) is 2.65. The lowest BCUT2D eigenvalue weighted by molar-refractivity contribution is 0.800. The molecule has 17 heavy (non-hydrogen) atoms. The highest BCUT2D eigenvalue weighted by Crippen LogP contribution is 2.23. The first-order valence-electron chi connectivity index (χ1n) is 6.22. The molecule has 0 atom stereocenters. The zero-order valence-corrected chi connectivity index (χ0v) is 10.8. The summed E-state index contributed by atoms with van der Waals surface area (Å²) >= 11 is 0. The Labute approximate surface area is 105 Å². The summed E-state index contributed by atoms with van der Waals surface area (Å²) < 4.78 is 0. The molecule has 1 rings (SSSR count). The van der Waals surface area contributed by atoms with Gasteiger partial charge in [-0.15, -0.1) is 0 Å². The largest absolute Gasteiger partial charge is 0.256 e.